The minimum atomic E-state index is -0.214. The number of nitrogens with zero attached hydrogens (tertiary/aromatic N) is 3. The number of nitrogens with one attached hydrogen (secondary N) is 1. The normalized spacial score (nSPS) is 22.1. The molecule has 1 saturated carbocycles. The first-order valence-electron chi connectivity index (χ1n) is 10.3. The van der Waals surface area contributed by atoms with E-state index in [0.29, 0.717) is 23.4 Å². The quantitative estimate of drug-likeness (QED) is 0.757. The van der Waals surface area contributed by atoms with Crippen LogP contribution in [0.1, 0.15) is 37.7 Å². The highest BCUT2D eigenvalue weighted by Crippen LogP contribution is 2.36. The summed E-state index contributed by atoms with van der Waals surface area (Å²) in [4.78, 5) is 26.9. The summed E-state index contributed by atoms with van der Waals surface area (Å²) in [5.41, 5.74) is 0.965. The fourth-order valence-corrected chi connectivity index (χ4v) is 5.42. The second-order valence-electron chi connectivity index (χ2n) is 7.92. The minimum Gasteiger partial charge on any atom is -0.342 e. The second kappa shape index (κ2) is 8.99. The van der Waals surface area contributed by atoms with Crippen LogP contribution in [0, 0.1) is 11.8 Å². The molecule has 150 valence electrons. The third-order valence-electron chi connectivity index (χ3n) is 6.16. The van der Waals surface area contributed by atoms with Gasteiger partial charge in [0.15, 0.2) is 5.16 Å². The number of hydrogen-bond acceptors (Lipinski definition) is 4. The number of amides is 1. The molecule has 2 aliphatic rings. The molecule has 1 aromatic carbocycles. The Balaban J connectivity index is 1.32. The van der Waals surface area contributed by atoms with Crippen LogP contribution in [0.2, 0.25) is 0 Å². The summed E-state index contributed by atoms with van der Waals surface area (Å²) in [6.07, 6.45) is 7.16. The summed E-state index contributed by atoms with van der Waals surface area (Å²) in [5, 5.41) is 7.25. The van der Waals surface area contributed by atoms with Gasteiger partial charge < -0.3 is 4.90 Å². The minimum absolute atomic E-state index is 0.166. The number of rotatable bonds is 6. The lowest BCUT2D eigenvalue weighted by Gasteiger charge is -2.41. The van der Waals surface area contributed by atoms with Crippen LogP contribution < -0.4 is 5.69 Å². The molecule has 1 aromatic heterocycles. The van der Waals surface area contributed by atoms with Gasteiger partial charge in [-0.3, -0.25) is 9.36 Å². The Hall–Kier alpha value is -2.02. The molecule has 1 N–H and O–H groups in total. The van der Waals surface area contributed by atoms with Crippen LogP contribution >= 0.6 is 11.8 Å². The Kier molecular flexibility index (Phi) is 6.20. The van der Waals surface area contributed by atoms with Gasteiger partial charge in [0, 0.05) is 19.6 Å². The van der Waals surface area contributed by atoms with Crippen LogP contribution in [-0.4, -0.2) is 44.4 Å². The van der Waals surface area contributed by atoms with Gasteiger partial charge in [-0.15, -0.1) is 5.10 Å². The van der Waals surface area contributed by atoms with Gasteiger partial charge in [0.05, 0.1) is 5.75 Å². The smallest absolute Gasteiger partial charge is 0.342 e. The molecule has 28 heavy (non-hydrogen) atoms. The summed E-state index contributed by atoms with van der Waals surface area (Å²) in [6.45, 7) is 2.34. The molecule has 1 aliphatic heterocycles. The molecule has 0 unspecified atom stereocenters. The summed E-state index contributed by atoms with van der Waals surface area (Å²) in [5.74, 6) is 2.01. The zero-order valence-electron chi connectivity index (χ0n) is 16.2. The highest BCUT2D eigenvalue weighted by molar-refractivity contribution is 7.99. The number of fused-ring (bicyclic) bond motifs is 1. The van der Waals surface area contributed by atoms with E-state index >= 15 is 0 Å². The molecule has 1 saturated heterocycles. The fraction of sp³-hybridized carbons (Fsp3) is 0.571. The molecule has 1 aliphatic carbocycles. The molecule has 4 rings (SSSR count). The number of aromatic nitrogens is 3. The molecule has 2 aromatic rings. The largest absolute Gasteiger partial charge is 0.343 e. The van der Waals surface area contributed by atoms with Gasteiger partial charge in [-0.2, -0.15) is 0 Å². The number of piperidine rings is 1. The molecule has 2 atom stereocenters. The average molecular weight is 401 g/mol. The van der Waals surface area contributed by atoms with Crippen LogP contribution in [0.5, 0.6) is 0 Å². The standard InChI is InChI=1S/C21H28N4O2S/c26-19(24-12-11-17-8-4-5-9-18(17)14-24)15-28-21-23-22-20(27)25(21)13-10-16-6-2-1-3-7-16/h1-3,6-7,17-18H,4-5,8-15H2,(H,22,27)/t17-,18+/m1/s1. The lowest BCUT2D eigenvalue weighted by atomic mass is 9.75. The third-order valence-corrected chi connectivity index (χ3v) is 7.12. The molecule has 2 heterocycles. The highest BCUT2D eigenvalue weighted by Gasteiger charge is 2.32. The van der Waals surface area contributed by atoms with Gasteiger partial charge in [0.1, 0.15) is 0 Å². The van der Waals surface area contributed by atoms with Crippen molar-refractivity contribution in [2.75, 3.05) is 18.8 Å². The monoisotopic (exact) mass is 400 g/mol. The molecule has 0 radical (unpaired) electrons. The molecule has 1 amide bonds. The van der Waals surface area contributed by atoms with Crippen molar-refractivity contribution >= 4 is 17.7 Å². The summed E-state index contributed by atoms with van der Waals surface area (Å²) >= 11 is 1.36. The second-order valence-corrected chi connectivity index (χ2v) is 8.86. The zero-order valence-corrected chi connectivity index (χ0v) is 17.0. The number of benzene rings is 1. The zero-order chi connectivity index (χ0) is 19.3. The van der Waals surface area contributed by atoms with Crippen molar-refractivity contribution in [3.05, 3.63) is 46.4 Å². The van der Waals surface area contributed by atoms with Crippen molar-refractivity contribution in [3.8, 4) is 0 Å². The lowest BCUT2D eigenvalue weighted by molar-refractivity contribution is -0.131. The third kappa shape index (κ3) is 4.51. The number of H-pyrrole nitrogens is 1. The van der Waals surface area contributed by atoms with Crippen molar-refractivity contribution in [2.24, 2.45) is 11.8 Å². The van der Waals surface area contributed by atoms with Crippen molar-refractivity contribution in [1.82, 2.24) is 19.7 Å². The van der Waals surface area contributed by atoms with Crippen LogP contribution in [0.3, 0.4) is 0 Å². The van der Waals surface area contributed by atoms with E-state index in [9.17, 15) is 9.59 Å². The van der Waals surface area contributed by atoms with Crippen LogP contribution in [-0.2, 0) is 17.8 Å². The van der Waals surface area contributed by atoms with Crippen LogP contribution in [0.25, 0.3) is 0 Å². The topological polar surface area (TPSA) is 71.0 Å². The number of thioether (sulfide) groups is 1. The van der Waals surface area contributed by atoms with E-state index in [2.05, 4.69) is 22.3 Å². The van der Waals surface area contributed by atoms with Gasteiger partial charge in [0.25, 0.3) is 0 Å². The van der Waals surface area contributed by atoms with Crippen LogP contribution in [0.15, 0.2) is 40.3 Å². The maximum atomic E-state index is 12.7. The number of hydrogen-bond donors (Lipinski definition) is 1. The van der Waals surface area contributed by atoms with Gasteiger partial charge in [-0.1, -0.05) is 61.4 Å². The number of likely N-dealkylation sites (tertiary alicyclic amines) is 1. The van der Waals surface area contributed by atoms with Gasteiger partial charge >= 0.3 is 5.69 Å². The first-order chi connectivity index (χ1) is 13.7. The van der Waals surface area contributed by atoms with E-state index in [1.54, 1.807) is 4.57 Å². The van der Waals surface area contributed by atoms with E-state index in [4.69, 9.17) is 0 Å². The molecule has 7 heteroatoms. The molecule has 0 spiro atoms. The summed E-state index contributed by atoms with van der Waals surface area (Å²) < 4.78 is 1.64. The molecule has 2 fully saturated rings. The number of aryl methyl sites for hydroxylation is 1. The van der Waals surface area contributed by atoms with Gasteiger partial charge in [-0.25, -0.2) is 9.89 Å². The van der Waals surface area contributed by atoms with Crippen molar-refractivity contribution < 1.29 is 4.79 Å². The maximum Gasteiger partial charge on any atom is 0.343 e. The number of aromatic amines is 1. The predicted octanol–water partition coefficient (Wildman–Crippen LogP) is 2.94. The van der Waals surface area contributed by atoms with E-state index in [1.165, 1.54) is 43.0 Å². The Bertz CT molecular complexity index is 848. The average Bonchev–Trinajstić information content (AvgIpc) is 3.10. The molecular weight excluding hydrogens is 372 g/mol. The molecule has 6 nitrogen and oxygen atoms in total. The first kappa shape index (κ1) is 19.3. The first-order valence-corrected chi connectivity index (χ1v) is 11.3. The highest BCUT2D eigenvalue weighted by atomic mass is 32.2. The SMILES string of the molecule is O=C(CSc1n[nH]c(=O)n1CCc1ccccc1)N1CC[C@H]2CCCC[C@H]2C1. The Morgan fingerprint density at radius 1 is 1.14 bits per heavy atom. The van der Waals surface area contributed by atoms with Crippen molar-refractivity contribution in [1.29, 1.82) is 0 Å². The van der Waals surface area contributed by atoms with E-state index in [1.807, 2.05) is 23.1 Å². The fourth-order valence-electron chi connectivity index (χ4n) is 4.54. The summed E-state index contributed by atoms with van der Waals surface area (Å²) in [6, 6.07) is 10.1. The summed E-state index contributed by atoms with van der Waals surface area (Å²) in [7, 11) is 0. The Labute approximate surface area is 169 Å². The number of carbonyl (C=O) groups is 1. The van der Waals surface area contributed by atoms with E-state index in [-0.39, 0.29) is 11.6 Å². The molecular formula is C21H28N4O2S. The van der Waals surface area contributed by atoms with Crippen molar-refractivity contribution in [2.45, 2.75) is 50.2 Å². The predicted molar refractivity (Wildman–Crippen MR) is 110 cm³/mol. The Morgan fingerprint density at radius 2 is 1.93 bits per heavy atom. The molecule has 0 bridgehead atoms. The Morgan fingerprint density at radius 3 is 2.75 bits per heavy atom. The van der Waals surface area contributed by atoms with Gasteiger partial charge in [-0.05, 0) is 36.7 Å². The van der Waals surface area contributed by atoms with Gasteiger partial charge in [0.2, 0.25) is 5.91 Å². The van der Waals surface area contributed by atoms with E-state index in [0.717, 1.165) is 31.8 Å². The van der Waals surface area contributed by atoms with E-state index < -0.39 is 0 Å². The van der Waals surface area contributed by atoms with Crippen LogP contribution in [0.4, 0.5) is 0 Å². The van der Waals surface area contributed by atoms with Crippen molar-refractivity contribution in [3.63, 3.8) is 0 Å². The lowest BCUT2D eigenvalue weighted by Crippen LogP contribution is -2.45. The maximum absolute atomic E-state index is 12.7. The number of carbonyl (C=O) groups excluding carboxylic acids is 1.